The third-order valence-electron chi connectivity index (χ3n) is 4.96. The minimum atomic E-state index is -0.332. The fourth-order valence-electron chi connectivity index (χ4n) is 3.51. The molecule has 6 heteroatoms. The summed E-state index contributed by atoms with van der Waals surface area (Å²) >= 11 is 1.52. The van der Waals surface area contributed by atoms with Gasteiger partial charge in [0.25, 0.3) is 0 Å². The summed E-state index contributed by atoms with van der Waals surface area (Å²) in [6.45, 7) is 5.29. The topological polar surface area (TPSA) is 67.4 Å². The van der Waals surface area contributed by atoms with E-state index < -0.39 is 0 Å². The highest BCUT2D eigenvalue weighted by Gasteiger charge is 2.29. The van der Waals surface area contributed by atoms with Crippen molar-refractivity contribution in [1.29, 1.82) is 0 Å². The van der Waals surface area contributed by atoms with Crippen LogP contribution >= 0.6 is 11.3 Å². The third-order valence-corrected chi connectivity index (χ3v) is 6.13. The molecular formula is C22H28N2O3S. The van der Waals surface area contributed by atoms with Crippen LogP contribution in [0.15, 0.2) is 30.3 Å². The highest BCUT2D eigenvalue weighted by Crippen LogP contribution is 2.40. The lowest BCUT2D eigenvalue weighted by Gasteiger charge is -2.18. The summed E-state index contributed by atoms with van der Waals surface area (Å²) in [5.74, 6) is 0.136. The lowest BCUT2D eigenvalue weighted by atomic mass is 9.88. The van der Waals surface area contributed by atoms with E-state index in [2.05, 4.69) is 29.7 Å². The molecule has 1 unspecified atom stereocenters. The number of amides is 1. The maximum Gasteiger partial charge on any atom is 0.341 e. The normalized spacial score (nSPS) is 15.7. The highest BCUT2D eigenvalue weighted by molar-refractivity contribution is 7.17. The molecule has 0 radical (unpaired) electrons. The van der Waals surface area contributed by atoms with Crippen molar-refractivity contribution in [1.82, 2.24) is 5.32 Å². The Hall–Kier alpha value is -2.18. The van der Waals surface area contributed by atoms with Crippen LogP contribution in [0.4, 0.5) is 5.00 Å². The van der Waals surface area contributed by atoms with Crippen molar-refractivity contribution >= 4 is 28.2 Å². The fraction of sp³-hybridized carbons (Fsp3) is 0.455. The van der Waals surface area contributed by atoms with E-state index in [0.29, 0.717) is 23.1 Å². The van der Waals surface area contributed by atoms with Crippen molar-refractivity contribution < 1.29 is 14.3 Å². The number of hydrogen-bond donors (Lipinski definition) is 2. The van der Waals surface area contributed by atoms with Crippen molar-refractivity contribution in [2.75, 3.05) is 25.0 Å². The van der Waals surface area contributed by atoms with Gasteiger partial charge in [0.2, 0.25) is 5.91 Å². The van der Waals surface area contributed by atoms with Gasteiger partial charge in [-0.2, -0.15) is 0 Å². The van der Waals surface area contributed by atoms with Crippen molar-refractivity contribution in [3.8, 4) is 0 Å². The molecule has 0 saturated heterocycles. The molecule has 2 N–H and O–H groups in total. The zero-order chi connectivity index (χ0) is 19.9. The molecule has 3 rings (SSSR count). The molecule has 0 bridgehead atoms. The van der Waals surface area contributed by atoms with Gasteiger partial charge in [0.15, 0.2) is 0 Å². The lowest BCUT2D eigenvalue weighted by Crippen LogP contribution is -2.29. The second-order valence-corrected chi connectivity index (χ2v) is 8.34. The summed E-state index contributed by atoms with van der Waals surface area (Å²) in [6.07, 6.45) is 3.75. The van der Waals surface area contributed by atoms with Gasteiger partial charge in [-0.15, -0.1) is 11.3 Å². The zero-order valence-corrected chi connectivity index (χ0v) is 17.4. The molecule has 0 fully saturated rings. The fourth-order valence-corrected chi connectivity index (χ4v) is 4.92. The van der Waals surface area contributed by atoms with Gasteiger partial charge in [-0.1, -0.05) is 37.3 Å². The number of rotatable bonds is 8. The van der Waals surface area contributed by atoms with Gasteiger partial charge in [-0.05, 0) is 56.2 Å². The van der Waals surface area contributed by atoms with E-state index in [0.717, 1.165) is 37.8 Å². The van der Waals surface area contributed by atoms with E-state index in [1.807, 2.05) is 18.2 Å². The van der Waals surface area contributed by atoms with Gasteiger partial charge in [0, 0.05) is 4.88 Å². The molecule has 1 atom stereocenters. The largest absolute Gasteiger partial charge is 0.462 e. The summed E-state index contributed by atoms with van der Waals surface area (Å²) in [5.41, 5.74) is 2.86. The Morgan fingerprint density at radius 1 is 1.25 bits per heavy atom. The van der Waals surface area contributed by atoms with Crippen LogP contribution in [-0.4, -0.2) is 31.6 Å². The Balaban J connectivity index is 1.60. The first-order valence-electron chi connectivity index (χ1n) is 9.94. The number of fused-ring (bicyclic) bond motifs is 1. The summed E-state index contributed by atoms with van der Waals surface area (Å²) in [6, 6.07) is 10.2. The summed E-state index contributed by atoms with van der Waals surface area (Å²) in [4.78, 5) is 26.1. The smallest absolute Gasteiger partial charge is 0.341 e. The van der Waals surface area contributed by atoms with Crippen LogP contribution < -0.4 is 10.6 Å². The minimum Gasteiger partial charge on any atom is -0.462 e. The number of benzene rings is 1. The quantitative estimate of drug-likeness (QED) is 0.522. The predicted molar refractivity (Wildman–Crippen MR) is 113 cm³/mol. The first-order chi connectivity index (χ1) is 13.6. The average Bonchev–Trinajstić information content (AvgIpc) is 3.03. The molecule has 150 valence electrons. The monoisotopic (exact) mass is 400 g/mol. The van der Waals surface area contributed by atoms with Gasteiger partial charge in [-0.25, -0.2) is 4.79 Å². The maximum absolute atomic E-state index is 12.5. The van der Waals surface area contributed by atoms with E-state index in [-0.39, 0.29) is 18.4 Å². The number of ether oxygens (including phenoxy) is 1. The first kappa shape index (κ1) is 20.6. The van der Waals surface area contributed by atoms with Gasteiger partial charge < -0.3 is 15.4 Å². The Labute approximate surface area is 170 Å². The number of nitrogens with one attached hydrogen (secondary N) is 2. The van der Waals surface area contributed by atoms with Crippen LogP contribution in [0.3, 0.4) is 0 Å². The molecule has 1 amide bonds. The van der Waals surface area contributed by atoms with Crippen molar-refractivity contribution in [2.45, 2.75) is 39.5 Å². The Bertz CT molecular complexity index is 817. The Morgan fingerprint density at radius 2 is 2.04 bits per heavy atom. The maximum atomic E-state index is 12.5. The van der Waals surface area contributed by atoms with E-state index in [1.165, 1.54) is 21.8 Å². The van der Waals surface area contributed by atoms with Crippen molar-refractivity contribution in [2.24, 2.45) is 5.92 Å². The van der Waals surface area contributed by atoms with E-state index in [9.17, 15) is 9.59 Å². The molecule has 1 aliphatic rings. The lowest BCUT2D eigenvalue weighted by molar-refractivity contribution is -0.115. The number of thiophene rings is 1. The highest BCUT2D eigenvalue weighted by atomic mass is 32.1. The first-order valence-corrected chi connectivity index (χ1v) is 10.8. The molecule has 2 aromatic rings. The number of esters is 1. The van der Waals surface area contributed by atoms with Crippen molar-refractivity contribution in [3.63, 3.8) is 0 Å². The molecule has 1 aromatic heterocycles. The molecule has 0 aliphatic heterocycles. The molecule has 5 nitrogen and oxygen atoms in total. The van der Waals surface area contributed by atoms with Gasteiger partial charge >= 0.3 is 5.97 Å². The van der Waals surface area contributed by atoms with Crippen LogP contribution in [-0.2, 0) is 28.8 Å². The predicted octanol–water partition coefficient (Wildman–Crippen LogP) is 3.82. The zero-order valence-electron chi connectivity index (χ0n) is 16.5. The van der Waals surface area contributed by atoms with Crippen LogP contribution in [0.1, 0.15) is 46.6 Å². The molecule has 28 heavy (non-hydrogen) atoms. The van der Waals surface area contributed by atoms with Gasteiger partial charge in [0.05, 0.1) is 18.7 Å². The molecule has 0 saturated carbocycles. The van der Waals surface area contributed by atoms with Gasteiger partial charge in [-0.3, -0.25) is 4.79 Å². The minimum absolute atomic E-state index is 0.134. The summed E-state index contributed by atoms with van der Waals surface area (Å²) in [7, 11) is 0. The van der Waals surface area contributed by atoms with Crippen LogP contribution in [0, 0.1) is 5.92 Å². The van der Waals surface area contributed by atoms with Crippen LogP contribution in [0.2, 0.25) is 0 Å². The Kier molecular flexibility index (Phi) is 7.23. The summed E-state index contributed by atoms with van der Waals surface area (Å²) < 4.78 is 5.25. The number of carbonyl (C=O) groups is 2. The van der Waals surface area contributed by atoms with E-state index >= 15 is 0 Å². The Morgan fingerprint density at radius 3 is 2.79 bits per heavy atom. The third kappa shape index (κ3) is 5.20. The SMILES string of the molecule is CCOC(=O)c1c(NC(=O)CNCCc2ccccc2)sc2c1CCC(C)C2. The van der Waals surface area contributed by atoms with E-state index in [4.69, 9.17) is 4.74 Å². The molecule has 0 spiro atoms. The van der Waals surface area contributed by atoms with Crippen molar-refractivity contribution in [3.05, 3.63) is 51.9 Å². The molecule has 1 aliphatic carbocycles. The number of hydrogen-bond acceptors (Lipinski definition) is 5. The second-order valence-electron chi connectivity index (χ2n) is 7.24. The van der Waals surface area contributed by atoms with Crippen LogP contribution in [0.25, 0.3) is 0 Å². The van der Waals surface area contributed by atoms with Gasteiger partial charge in [0.1, 0.15) is 5.00 Å². The second kappa shape index (κ2) is 9.85. The number of carbonyl (C=O) groups excluding carboxylic acids is 2. The standard InChI is InChI=1S/C22H28N2O3S/c1-3-27-22(26)20-17-10-9-15(2)13-18(17)28-21(20)24-19(25)14-23-12-11-16-7-5-4-6-8-16/h4-8,15,23H,3,9-14H2,1-2H3,(H,24,25). The van der Waals surface area contributed by atoms with E-state index in [1.54, 1.807) is 6.92 Å². The summed E-state index contributed by atoms with van der Waals surface area (Å²) in [5, 5.41) is 6.74. The van der Waals surface area contributed by atoms with Crippen LogP contribution in [0.5, 0.6) is 0 Å². The molecule has 1 aromatic carbocycles. The number of anilines is 1. The molecular weight excluding hydrogens is 372 g/mol. The molecule has 1 heterocycles. The average molecular weight is 401 g/mol.